The summed E-state index contributed by atoms with van der Waals surface area (Å²) in [6.45, 7) is 3.64. The van der Waals surface area contributed by atoms with E-state index in [2.05, 4.69) is 20.5 Å². The van der Waals surface area contributed by atoms with E-state index in [1.807, 2.05) is 26.0 Å². The Bertz CT molecular complexity index is 1150. The molecule has 0 atom stereocenters. The highest BCUT2D eigenvalue weighted by Gasteiger charge is 2.16. The molecule has 2 amide bonds. The molecular weight excluding hydrogens is 444 g/mol. The summed E-state index contributed by atoms with van der Waals surface area (Å²) in [5.74, 6) is -0.966. The first kappa shape index (κ1) is 24.0. The number of amides is 2. The smallest absolute Gasteiger partial charge is 0.325 e. The lowest BCUT2D eigenvalue weighted by atomic mass is 10.1. The van der Waals surface area contributed by atoms with E-state index in [1.54, 1.807) is 41.1 Å². The zero-order chi connectivity index (χ0) is 24.0. The van der Waals surface area contributed by atoms with Crippen LogP contribution in [0.5, 0.6) is 0 Å². The van der Waals surface area contributed by atoms with E-state index in [1.165, 1.54) is 7.11 Å². The van der Waals surface area contributed by atoms with Crippen LogP contribution in [0, 0.1) is 13.8 Å². The van der Waals surface area contributed by atoms with Gasteiger partial charge in [-0.2, -0.15) is 5.10 Å². The molecule has 1 aromatic heterocycles. The van der Waals surface area contributed by atoms with E-state index in [4.69, 9.17) is 11.6 Å². The molecule has 3 aromatic rings. The fourth-order valence-corrected chi connectivity index (χ4v) is 3.45. The molecule has 0 spiro atoms. The molecule has 0 bridgehead atoms. The fraction of sp³-hybridized carbons (Fsp3) is 0.250. The first-order valence-electron chi connectivity index (χ1n) is 10.3. The van der Waals surface area contributed by atoms with Gasteiger partial charge >= 0.3 is 5.97 Å². The summed E-state index contributed by atoms with van der Waals surface area (Å²) in [6, 6.07) is 14.3. The number of methoxy groups -OCH3 is 1. The number of hydrogen-bond acceptors (Lipinski definition) is 5. The lowest BCUT2D eigenvalue weighted by Crippen LogP contribution is -2.31. The van der Waals surface area contributed by atoms with E-state index in [0.717, 1.165) is 28.2 Å². The summed E-state index contributed by atoms with van der Waals surface area (Å²) >= 11 is 5.97. The number of hydrogen-bond donors (Lipinski definition) is 2. The van der Waals surface area contributed by atoms with Gasteiger partial charge in [-0.05, 0) is 55.8 Å². The maximum Gasteiger partial charge on any atom is 0.325 e. The van der Waals surface area contributed by atoms with Gasteiger partial charge in [0.05, 0.1) is 31.3 Å². The van der Waals surface area contributed by atoms with Gasteiger partial charge in [-0.25, -0.2) is 4.68 Å². The molecule has 0 aliphatic heterocycles. The predicted molar refractivity (Wildman–Crippen MR) is 126 cm³/mol. The molecule has 33 heavy (non-hydrogen) atoms. The molecule has 8 nitrogen and oxygen atoms in total. The Kier molecular flexibility index (Phi) is 7.84. The molecule has 0 aliphatic carbocycles. The minimum absolute atomic E-state index is 0.119. The third kappa shape index (κ3) is 6.43. The normalized spacial score (nSPS) is 10.5. The minimum Gasteiger partial charge on any atom is -0.468 e. The van der Waals surface area contributed by atoms with Gasteiger partial charge in [0.1, 0.15) is 6.54 Å². The average molecular weight is 469 g/mol. The largest absolute Gasteiger partial charge is 0.468 e. The number of aromatic nitrogens is 2. The van der Waals surface area contributed by atoms with Gasteiger partial charge in [-0.3, -0.25) is 14.4 Å². The molecule has 2 N–H and O–H groups in total. The van der Waals surface area contributed by atoms with E-state index < -0.39 is 5.97 Å². The standard InChI is InChI=1S/C24H25ClN4O4/c1-15-21(16(2)29(28-15)20-10-6-18(25)7-11-20)13-23(31)27-19-8-4-17(5-9-19)12-22(30)26-14-24(32)33-3/h4-11H,12-14H2,1-3H3,(H,26,30)(H,27,31). The Morgan fingerprint density at radius 3 is 2.27 bits per heavy atom. The molecule has 0 saturated heterocycles. The summed E-state index contributed by atoms with van der Waals surface area (Å²) < 4.78 is 6.28. The van der Waals surface area contributed by atoms with Crippen LogP contribution in [0.3, 0.4) is 0 Å². The maximum absolute atomic E-state index is 12.6. The molecule has 9 heteroatoms. The Morgan fingerprint density at radius 1 is 0.970 bits per heavy atom. The predicted octanol–water partition coefficient (Wildman–Crippen LogP) is 3.16. The van der Waals surface area contributed by atoms with Crippen LogP contribution in [0.25, 0.3) is 5.69 Å². The number of nitrogens with zero attached hydrogens (tertiary/aromatic N) is 2. The number of carbonyl (C=O) groups is 3. The summed E-state index contributed by atoms with van der Waals surface area (Å²) in [6.07, 6.45) is 0.302. The maximum atomic E-state index is 12.6. The summed E-state index contributed by atoms with van der Waals surface area (Å²) in [5.41, 5.74) is 4.79. The number of carbonyl (C=O) groups excluding carboxylic acids is 3. The molecule has 0 aliphatic rings. The summed E-state index contributed by atoms with van der Waals surface area (Å²) in [4.78, 5) is 35.6. The highest BCUT2D eigenvalue weighted by atomic mass is 35.5. The van der Waals surface area contributed by atoms with Crippen LogP contribution >= 0.6 is 11.6 Å². The van der Waals surface area contributed by atoms with Crippen molar-refractivity contribution in [1.82, 2.24) is 15.1 Å². The highest BCUT2D eigenvalue weighted by molar-refractivity contribution is 6.30. The molecule has 0 fully saturated rings. The molecule has 2 aromatic carbocycles. The number of aryl methyl sites for hydroxylation is 1. The number of benzene rings is 2. The number of ether oxygens (including phenoxy) is 1. The van der Waals surface area contributed by atoms with Crippen molar-refractivity contribution in [1.29, 1.82) is 0 Å². The van der Waals surface area contributed by atoms with Crippen molar-refractivity contribution in [3.8, 4) is 5.69 Å². The Labute approximate surface area is 196 Å². The van der Waals surface area contributed by atoms with Crippen LogP contribution < -0.4 is 10.6 Å². The zero-order valence-corrected chi connectivity index (χ0v) is 19.4. The van der Waals surface area contributed by atoms with Gasteiger partial charge in [-0.15, -0.1) is 0 Å². The van der Waals surface area contributed by atoms with Gasteiger partial charge in [0.15, 0.2) is 0 Å². The number of halogens is 1. The molecular formula is C24H25ClN4O4. The molecule has 0 saturated carbocycles. The second-order valence-corrected chi connectivity index (χ2v) is 7.93. The summed E-state index contributed by atoms with van der Waals surface area (Å²) in [7, 11) is 1.26. The molecule has 172 valence electrons. The van der Waals surface area contributed by atoms with Gasteiger partial charge < -0.3 is 15.4 Å². The number of esters is 1. The van der Waals surface area contributed by atoms with Crippen molar-refractivity contribution in [3.05, 3.63) is 76.1 Å². The third-order valence-corrected chi connectivity index (χ3v) is 5.36. The minimum atomic E-state index is -0.509. The second kappa shape index (κ2) is 10.8. The van der Waals surface area contributed by atoms with Crippen LogP contribution in [0.2, 0.25) is 5.02 Å². The lowest BCUT2D eigenvalue weighted by molar-refractivity contribution is -0.141. The highest BCUT2D eigenvalue weighted by Crippen LogP contribution is 2.20. The molecule has 3 rings (SSSR count). The average Bonchev–Trinajstić information content (AvgIpc) is 3.07. The van der Waals surface area contributed by atoms with Crippen LogP contribution in [-0.2, 0) is 32.0 Å². The van der Waals surface area contributed by atoms with Gasteiger partial charge in [0, 0.05) is 22.0 Å². The molecule has 0 unspecified atom stereocenters. The second-order valence-electron chi connectivity index (χ2n) is 7.49. The Morgan fingerprint density at radius 2 is 1.64 bits per heavy atom. The van der Waals surface area contributed by atoms with E-state index >= 15 is 0 Å². The number of anilines is 1. The van der Waals surface area contributed by atoms with Gasteiger partial charge in [0.2, 0.25) is 11.8 Å². The fourth-order valence-electron chi connectivity index (χ4n) is 3.33. The van der Waals surface area contributed by atoms with Crippen molar-refractivity contribution in [2.75, 3.05) is 19.0 Å². The van der Waals surface area contributed by atoms with Crippen molar-refractivity contribution in [2.24, 2.45) is 0 Å². The number of nitrogens with one attached hydrogen (secondary N) is 2. The van der Waals surface area contributed by atoms with Crippen LogP contribution in [0.4, 0.5) is 5.69 Å². The van der Waals surface area contributed by atoms with E-state index in [0.29, 0.717) is 10.7 Å². The monoisotopic (exact) mass is 468 g/mol. The van der Waals surface area contributed by atoms with Gasteiger partial charge in [-0.1, -0.05) is 23.7 Å². The van der Waals surface area contributed by atoms with Crippen LogP contribution in [0.15, 0.2) is 48.5 Å². The van der Waals surface area contributed by atoms with Crippen molar-refractivity contribution < 1.29 is 19.1 Å². The van der Waals surface area contributed by atoms with E-state index in [-0.39, 0.29) is 31.2 Å². The molecule has 1 heterocycles. The van der Waals surface area contributed by atoms with Crippen LogP contribution in [-0.4, -0.2) is 41.2 Å². The Balaban J connectivity index is 1.59. The van der Waals surface area contributed by atoms with E-state index in [9.17, 15) is 14.4 Å². The third-order valence-electron chi connectivity index (χ3n) is 5.11. The molecule has 0 radical (unpaired) electrons. The van der Waals surface area contributed by atoms with Gasteiger partial charge in [0.25, 0.3) is 0 Å². The van der Waals surface area contributed by atoms with Crippen LogP contribution in [0.1, 0.15) is 22.5 Å². The first-order valence-corrected chi connectivity index (χ1v) is 10.7. The topological polar surface area (TPSA) is 102 Å². The Hall–Kier alpha value is -3.65. The van der Waals surface area contributed by atoms with Crippen molar-refractivity contribution in [2.45, 2.75) is 26.7 Å². The van der Waals surface area contributed by atoms with Crippen molar-refractivity contribution in [3.63, 3.8) is 0 Å². The number of rotatable bonds is 8. The first-order chi connectivity index (χ1) is 15.8. The van der Waals surface area contributed by atoms with Crippen molar-refractivity contribution >= 4 is 35.1 Å². The summed E-state index contributed by atoms with van der Waals surface area (Å²) in [5, 5.41) is 10.6. The quantitative estimate of drug-likeness (QED) is 0.494. The lowest BCUT2D eigenvalue weighted by Gasteiger charge is -2.08. The zero-order valence-electron chi connectivity index (χ0n) is 18.6. The SMILES string of the molecule is COC(=O)CNC(=O)Cc1ccc(NC(=O)Cc2c(C)nn(-c3ccc(Cl)cc3)c2C)cc1.